The molecule has 0 bridgehead atoms. The van der Waals surface area contributed by atoms with Crippen molar-refractivity contribution in [2.24, 2.45) is 7.05 Å². The number of nitrogens with zero attached hydrogens (tertiary/aromatic N) is 4. The fourth-order valence-corrected chi connectivity index (χ4v) is 1.43. The van der Waals surface area contributed by atoms with E-state index in [1.54, 1.807) is 11.6 Å². The molecule has 7 nitrogen and oxygen atoms in total. The van der Waals surface area contributed by atoms with E-state index in [1.807, 2.05) is 20.0 Å². The molecule has 0 atom stereocenters. The molecule has 2 aromatic heterocycles. The standard InChI is InChI=1S/C10H13N5O2/c1-4-17-10(16)9-8(11-14-12-9)7-5-6(2)15(3)13-7/h5H,4H2,1-3H3,(H,11,12,14). The maximum Gasteiger partial charge on any atom is 0.361 e. The zero-order valence-corrected chi connectivity index (χ0v) is 9.89. The number of carbonyl (C=O) groups is 1. The number of ether oxygens (including phenoxy) is 1. The molecular formula is C10H13N5O2. The molecule has 17 heavy (non-hydrogen) atoms. The minimum Gasteiger partial charge on any atom is -0.461 e. The lowest BCUT2D eigenvalue weighted by Gasteiger charge is -1.98. The van der Waals surface area contributed by atoms with Crippen molar-refractivity contribution in [2.45, 2.75) is 13.8 Å². The Bertz CT molecular complexity index is 523. The van der Waals surface area contributed by atoms with Gasteiger partial charge >= 0.3 is 5.97 Å². The summed E-state index contributed by atoms with van der Waals surface area (Å²) in [6, 6.07) is 1.83. The summed E-state index contributed by atoms with van der Waals surface area (Å²) >= 11 is 0. The van der Waals surface area contributed by atoms with Gasteiger partial charge in [-0.25, -0.2) is 4.79 Å². The molecule has 0 saturated carbocycles. The second-order valence-electron chi connectivity index (χ2n) is 3.54. The Kier molecular flexibility index (Phi) is 2.90. The second kappa shape index (κ2) is 4.36. The van der Waals surface area contributed by atoms with Crippen LogP contribution in [0.1, 0.15) is 23.1 Å². The lowest BCUT2D eigenvalue weighted by atomic mass is 10.2. The van der Waals surface area contributed by atoms with Gasteiger partial charge in [0.05, 0.1) is 6.61 Å². The van der Waals surface area contributed by atoms with E-state index < -0.39 is 5.97 Å². The Morgan fingerprint density at radius 3 is 2.88 bits per heavy atom. The molecule has 0 aromatic carbocycles. The van der Waals surface area contributed by atoms with Crippen LogP contribution < -0.4 is 0 Å². The zero-order valence-electron chi connectivity index (χ0n) is 9.89. The highest BCUT2D eigenvalue weighted by atomic mass is 16.5. The number of hydrogen-bond acceptors (Lipinski definition) is 5. The summed E-state index contributed by atoms with van der Waals surface area (Å²) in [6.07, 6.45) is 0. The number of carbonyl (C=O) groups excluding carboxylic acids is 1. The average Bonchev–Trinajstić information content (AvgIpc) is 2.87. The topological polar surface area (TPSA) is 85.7 Å². The van der Waals surface area contributed by atoms with Crippen molar-refractivity contribution in [3.05, 3.63) is 17.5 Å². The predicted molar refractivity (Wildman–Crippen MR) is 59.3 cm³/mol. The number of esters is 1. The monoisotopic (exact) mass is 235 g/mol. The van der Waals surface area contributed by atoms with Gasteiger partial charge in [0.15, 0.2) is 5.69 Å². The third-order valence-electron chi connectivity index (χ3n) is 2.37. The van der Waals surface area contributed by atoms with E-state index in [1.165, 1.54) is 0 Å². The first kappa shape index (κ1) is 11.3. The first-order chi connectivity index (χ1) is 8.13. The van der Waals surface area contributed by atoms with Crippen LogP contribution in [-0.2, 0) is 11.8 Å². The highest BCUT2D eigenvalue weighted by Crippen LogP contribution is 2.19. The van der Waals surface area contributed by atoms with Crippen LogP contribution in [0.5, 0.6) is 0 Å². The first-order valence-corrected chi connectivity index (χ1v) is 5.22. The summed E-state index contributed by atoms with van der Waals surface area (Å²) in [5.74, 6) is -0.500. The van der Waals surface area contributed by atoms with E-state index in [0.717, 1.165) is 5.69 Å². The van der Waals surface area contributed by atoms with Gasteiger partial charge in [-0.2, -0.15) is 15.4 Å². The Morgan fingerprint density at radius 1 is 1.53 bits per heavy atom. The van der Waals surface area contributed by atoms with Crippen LogP contribution in [0.15, 0.2) is 6.07 Å². The minimum atomic E-state index is -0.500. The highest BCUT2D eigenvalue weighted by molar-refractivity contribution is 5.93. The van der Waals surface area contributed by atoms with E-state index >= 15 is 0 Å². The Hall–Kier alpha value is -2.18. The van der Waals surface area contributed by atoms with Gasteiger partial charge in [0.25, 0.3) is 0 Å². The normalized spacial score (nSPS) is 10.5. The molecule has 0 radical (unpaired) electrons. The van der Waals surface area contributed by atoms with Crippen molar-refractivity contribution in [1.82, 2.24) is 25.2 Å². The molecule has 1 N–H and O–H groups in total. The third-order valence-corrected chi connectivity index (χ3v) is 2.37. The number of nitrogens with one attached hydrogen (secondary N) is 1. The number of H-pyrrole nitrogens is 1. The van der Waals surface area contributed by atoms with Gasteiger partial charge in [-0.3, -0.25) is 4.68 Å². The van der Waals surface area contributed by atoms with Gasteiger partial charge < -0.3 is 4.74 Å². The van der Waals surface area contributed by atoms with Crippen molar-refractivity contribution in [1.29, 1.82) is 0 Å². The highest BCUT2D eigenvalue weighted by Gasteiger charge is 2.21. The molecule has 0 aliphatic rings. The maximum absolute atomic E-state index is 11.6. The Labute approximate surface area is 97.8 Å². The molecule has 2 aromatic rings. The molecule has 0 amide bonds. The quantitative estimate of drug-likeness (QED) is 0.791. The molecule has 7 heteroatoms. The molecule has 0 saturated heterocycles. The summed E-state index contributed by atoms with van der Waals surface area (Å²) in [5.41, 5.74) is 2.14. The second-order valence-corrected chi connectivity index (χ2v) is 3.54. The third kappa shape index (κ3) is 2.03. The fourth-order valence-electron chi connectivity index (χ4n) is 1.43. The van der Waals surface area contributed by atoms with Crippen molar-refractivity contribution in [2.75, 3.05) is 6.61 Å². The number of rotatable bonds is 3. The summed E-state index contributed by atoms with van der Waals surface area (Å²) < 4.78 is 6.60. The number of aromatic nitrogens is 5. The SMILES string of the molecule is CCOC(=O)c1n[nH]nc1-c1cc(C)n(C)n1. The van der Waals surface area contributed by atoms with Gasteiger partial charge in [0.2, 0.25) is 0 Å². The van der Waals surface area contributed by atoms with Gasteiger partial charge in [0, 0.05) is 12.7 Å². The van der Waals surface area contributed by atoms with Crippen LogP contribution in [0.3, 0.4) is 0 Å². The van der Waals surface area contributed by atoms with Crippen LogP contribution >= 0.6 is 0 Å². The number of aromatic amines is 1. The molecule has 2 heterocycles. The van der Waals surface area contributed by atoms with E-state index in [9.17, 15) is 4.79 Å². The van der Waals surface area contributed by atoms with Crippen LogP contribution in [-0.4, -0.2) is 37.8 Å². The molecule has 0 spiro atoms. The van der Waals surface area contributed by atoms with Gasteiger partial charge in [-0.05, 0) is 19.9 Å². The van der Waals surface area contributed by atoms with E-state index in [4.69, 9.17) is 4.74 Å². The van der Waals surface area contributed by atoms with Gasteiger partial charge in [0.1, 0.15) is 11.4 Å². The Morgan fingerprint density at radius 2 is 2.29 bits per heavy atom. The smallest absolute Gasteiger partial charge is 0.361 e. The maximum atomic E-state index is 11.6. The van der Waals surface area contributed by atoms with E-state index in [0.29, 0.717) is 18.0 Å². The average molecular weight is 235 g/mol. The summed E-state index contributed by atoms with van der Waals surface area (Å²) in [4.78, 5) is 11.6. The van der Waals surface area contributed by atoms with Crippen LogP contribution in [0.2, 0.25) is 0 Å². The van der Waals surface area contributed by atoms with Crippen molar-refractivity contribution in [3.8, 4) is 11.4 Å². The summed E-state index contributed by atoms with van der Waals surface area (Å²) in [5, 5.41) is 14.4. The van der Waals surface area contributed by atoms with Crippen molar-refractivity contribution >= 4 is 5.97 Å². The lowest BCUT2D eigenvalue weighted by Crippen LogP contribution is -2.07. The fraction of sp³-hybridized carbons (Fsp3) is 0.400. The van der Waals surface area contributed by atoms with Gasteiger partial charge in [-0.1, -0.05) is 0 Å². The molecule has 2 rings (SSSR count). The molecule has 0 aliphatic carbocycles. The number of hydrogen-bond donors (Lipinski definition) is 1. The molecular weight excluding hydrogens is 222 g/mol. The van der Waals surface area contributed by atoms with E-state index in [-0.39, 0.29) is 5.69 Å². The van der Waals surface area contributed by atoms with E-state index in [2.05, 4.69) is 20.5 Å². The van der Waals surface area contributed by atoms with Gasteiger partial charge in [-0.15, -0.1) is 5.10 Å². The molecule has 0 aliphatic heterocycles. The zero-order chi connectivity index (χ0) is 12.4. The van der Waals surface area contributed by atoms with Crippen molar-refractivity contribution < 1.29 is 9.53 Å². The molecule has 0 unspecified atom stereocenters. The minimum absolute atomic E-state index is 0.157. The molecule has 90 valence electrons. The molecule has 0 fully saturated rings. The largest absolute Gasteiger partial charge is 0.461 e. The lowest BCUT2D eigenvalue weighted by molar-refractivity contribution is 0.0520. The Balaban J connectivity index is 2.40. The van der Waals surface area contributed by atoms with Crippen LogP contribution in [0, 0.1) is 6.92 Å². The summed E-state index contributed by atoms with van der Waals surface area (Å²) in [7, 11) is 1.82. The summed E-state index contributed by atoms with van der Waals surface area (Å²) in [6.45, 7) is 3.95. The van der Waals surface area contributed by atoms with Crippen LogP contribution in [0.25, 0.3) is 11.4 Å². The first-order valence-electron chi connectivity index (χ1n) is 5.22. The predicted octanol–water partition coefficient (Wildman–Crippen LogP) is 0.690. The number of aryl methyl sites for hydroxylation is 2. The van der Waals surface area contributed by atoms with Crippen molar-refractivity contribution in [3.63, 3.8) is 0 Å². The van der Waals surface area contributed by atoms with Crippen LogP contribution in [0.4, 0.5) is 0 Å².